The quantitative estimate of drug-likeness (QED) is 0.844. The highest BCUT2D eigenvalue weighted by Crippen LogP contribution is 2.64. The lowest BCUT2D eigenvalue weighted by Gasteiger charge is -2.25. The van der Waals surface area contributed by atoms with Gasteiger partial charge in [0.25, 0.3) is 0 Å². The molecule has 0 atom stereocenters. The SMILES string of the molecule is Cc1cc(C)c(CC2(C3(N)CC3)CC2)c(C)c1. The van der Waals surface area contributed by atoms with Crippen LogP contribution in [0.25, 0.3) is 0 Å². The molecule has 2 aliphatic carbocycles. The monoisotopic (exact) mass is 229 g/mol. The molecule has 2 saturated carbocycles. The normalized spacial score (nSPS) is 23.5. The first kappa shape index (κ1) is 11.3. The Labute approximate surface area is 104 Å². The van der Waals surface area contributed by atoms with Crippen molar-refractivity contribution in [2.24, 2.45) is 11.1 Å². The third kappa shape index (κ3) is 1.72. The third-order valence-corrected chi connectivity index (χ3v) is 5.05. The lowest BCUT2D eigenvalue weighted by molar-refractivity contribution is 0.375. The number of nitrogens with two attached hydrogens (primary N) is 1. The zero-order valence-corrected chi connectivity index (χ0v) is 11.3. The Bertz CT molecular complexity index is 441. The Morgan fingerprint density at radius 3 is 1.94 bits per heavy atom. The summed E-state index contributed by atoms with van der Waals surface area (Å²) in [7, 11) is 0. The largest absolute Gasteiger partial charge is 0.325 e. The highest BCUT2D eigenvalue weighted by Gasteiger charge is 2.62. The van der Waals surface area contributed by atoms with Crippen LogP contribution in [0.5, 0.6) is 0 Å². The van der Waals surface area contributed by atoms with Crippen LogP contribution in [0.3, 0.4) is 0 Å². The fourth-order valence-corrected chi connectivity index (χ4v) is 3.49. The summed E-state index contributed by atoms with van der Waals surface area (Å²) in [6.07, 6.45) is 6.39. The van der Waals surface area contributed by atoms with Gasteiger partial charge in [0, 0.05) is 5.54 Å². The van der Waals surface area contributed by atoms with Crippen molar-refractivity contribution in [2.45, 2.75) is 58.4 Å². The van der Waals surface area contributed by atoms with E-state index >= 15 is 0 Å². The van der Waals surface area contributed by atoms with Gasteiger partial charge < -0.3 is 5.73 Å². The summed E-state index contributed by atoms with van der Waals surface area (Å²) < 4.78 is 0. The molecule has 92 valence electrons. The van der Waals surface area contributed by atoms with E-state index < -0.39 is 0 Å². The lowest BCUT2D eigenvalue weighted by Crippen LogP contribution is -2.35. The molecule has 0 saturated heterocycles. The van der Waals surface area contributed by atoms with Crippen LogP contribution < -0.4 is 5.73 Å². The first-order chi connectivity index (χ1) is 7.96. The van der Waals surface area contributed by atoms with Crippen molar-refractivity contribution >= 4 is 0 Å². The van der Waals surface area contributed by atoms with Crippen LogP contribution in [0.1, 0.15) is 47.9 Å². The molecule has 2 N–H and O–H groups in total. The third-order valence-electron chi connectivity index (χ3n) is 5.05. The Hall–Kier alpha value is -0.820. The van der Waals surface area contributed by atoms with Crippen molar-refractivity contribution in [2.75, 3.05) is 0 Å². The van der Waals surface area contributed by atoms with Crippen LogP contribution in [0.15, 0.2) is 12.1 Å². The van der Waals surface area contributed by atoms with E-state index in [0.29, 0.717) is 5.41 Å². The molecule has 0 heterocycles. The molecule has 0 bridgehead atoms. The summed E-state index contributed by atoms with van der Waals surface area (Å²) in [4.78, 5) is 0. The second-order valence-corrected chi connectivity index (χ2v) is 6.49. The predicted octanol–water partition coefficient (Wildman–Crippen LogP) is 3.43. The van der Waals surface area contributed by atoms with Crippen LogP contribution in [-0.4, -0.2) is 5.54 Å². The van der Waals surface area contributed by atoms with Gasteiger partial charge in [0.1, 0.15) is 0 Å². The Morgan fingerprint density at radius 1 is 1.00 bits per heavy atom. The van der Waals surface area contributed by atoms with E-state index in [1.165, 1.54) is 48.8 Å². The Kier molecular flexibility index (Phi) is 2.22. The molecule has 0 aliphatic heterocycles. The molecule has 1 nitrogen and oxygen atoms in total. The lowest BCUT2D eigenvalue weighted by atomic mass is 9.83. The van der Waals surface area contributed by atoms with E-state index in [-0.39, 0.29) is 5.54 Å². The highest BCUT2D eigenvalue weighted by atomic mass is 14.9. The van der Waals surface area contributed by atoms with Crippen LogP contribution in [-0.2, 0) is 6.42 Å². The maximum atomic E-state index is 6.46. The van der Waals surface area contributed by atoms with E-state index in [1.54, 1.807) is 5.56 Å². The second-order valence-electron chi connectivity index (χ2n) is 6.49. The fourth-order valence-electron chi connectivity index (χ4n) is 3.49. The summed E-state index contributed by atoms with van der Waals surface area (Å²) >= 11 is 0. The van der Waals surface area contributed by atoms with Gasteiger partial charge in [0.05, 0.1) is 0 Å². The fraction of sp³-hybridized carbons (Fsp3) is 0.625. The van der Waals surface area contributed by atoms with E-state index in [2.05, 4.69) is 32.9 Å². The average Bonchev–Trinajstić information content (AvgIpc) is 3.09. The molecular formula is C16H23N. The first-order valence-corrected chi connectivity index (χ1v) is 6.81. The topological polar surface area (TPSA) is 26.0 Å². The molecule has 0 radical (unpaired) electrons. The van der Waals surface area contributed by atoms with Crippen LogP contribution >= 0.6 is 0 Å². The van der Waals surface area contributed by atoms with Gasteiger partial charge in [-0.25, -0.2) is 0 Å². The molecule has 0 spiro atoms. The van der Waals surface area contributed by atoms with E-state index in [9.17, 15) is 0 Å². The highest BCUT2D eigenvalue weighted by molar-refractivity contribution is 5.40. The molecule has 3 rings (SSSR count). The molecule has 1 heteroatoms. The Balaban J connectivity index is 1.91. The van der Waals surface area contributed by atoms with Crippen molar-refractivity contribution in [3.05, 3.63) is 34.4 Å². The van der Waals surface area contributed by atoms with Gasteiger partial charge in [0.2, 0.25) is 0 Å². The van der Waals surface area contributed by atoms with Crippen LogP contribution in [0.2, 0.25) is 0 Å². The van der Waals surface area contributed by atoms with Crippen molar-refractivity contribution in [1.29, 1.82) is 0 Å². The molecule has 0 unspecified atom stereocenters. The van der Waals surface area contributed by atoms with Crippen LogP contribution in [0.4, 0.5) is 0 Å². The van der Waals surface area contributed by atoms with Gasteiger partial charge in [-0.05, 0) is 75.0 Å². The molecule has 0 aromatic heterocycles. The maximum Gasteiger partial charge on any atom is 0.0215 e. The summed E-state index contributed by atoms with van der Waals surface area (Å²) in [6, 6.07) is 4.63. The number of hydrogen-bond donors (Lipinski definition) is 1. The Morgan fingerprint density at radius 2 is 1.53 bits per heavy atom. The van der Waals surface area contributed by atoms with E-state index in [4.69, 9.17) is 5.73 Å². The van der Waals surface area contributed by atoms with E-state index in [1.807, 2.05) is 0 Å². The van der Waals surface area contributed by atoms with Crippen molar-refractivity contribution in [3.8, 4) is 0 Å². The number of aryl methyl sites for hydroxylation is 3. The standard InChI is InChI=1S/C16H23N/c1-11-8-12(2)14(13(3)9-11)10-15(4-5-15)16(17)6-7-16/h8-9H,4-7,10,17H2,1-3H3. The number of benzene rings is 1. The summed E-state index contributed by atoms with van der Waals surface area (Å²) in [5.41, 5.74) is 13.0. The predicted molar refractivity (Wildman–Crippen MR) is 72.2 cm³/mol. The molecule has 17 heavy (non-hydrogen) atoms. The van der Waals surface area contributed by atoms with Gasteiger partial charge in [-0.3, -0.25) is 0 Å². The minimum Gasteiger partial charge on any atom is -0.325 e. The summed E-state index contributed by atoms with van der Waals surface area (Å²) in [6.45, 7) is 6.69. The zero-order chi connectivity index (χ0) is 12.3. The number of rotatable bonds is 3. The van der Waals surface area contributed by atoms with Gasteiger partial charge >= 0.3 is 0 Å². The van der Waals surface area contributed by atoms with Crippen LogP contribution in [0, 0.1) is 26.2 Å². The maximum absolute atomic E-state index is 6.46. The smallest absolute Gasteiger partial charge is 0.0215 e. The van der Waals surface area contributed by atoms with Gasteiger partial charge in [0.15, 0.2) is 0 Å². The molecule has 0 amide bonds. The summed E-state index contributed by atoms with van der Waals surface area (Å²) in [5.74, 6) is 0. The second kappa shape index (κ2) is 3.35. The van der Waals surface area contributed by atoms with Crippen molar-refractivity contribution < 1.29 is 0 Å². The van der Waals surface area contributed by atoms with Crippen molar-refractivity contribution in [3.63, 3.8) is 0 Å². The first-order valence-electron chi connectivity index (χ1n) is 6.81. The van der Waals surface area contributed by atoms with E-state index in [0.717, 1.165) is 0 Å². The van der Waals surface area contributed by atoms with Gasteiger partial charge in [-0.15, -0.1) is 0 Å². The van der Waals surface area contributed by atoms with Gasteiger partial charge in [-0.2, -0.15) is 0 Å². The summed E-state index contributed by atoms with van der Waals surface area (Å²) in [5, 5.41) is 0. The zero-order valence-electron chi connectivity index (χ0n) is 11.3. The molecule has 1 aromatic rings. The average molecular weight is 229 g/mol. The number of hydrogen-bond acceptors (Lipinski definition) is 1. The van der Waals surface area contributed by atoms with Gasteiger partial charge in [-0.1, -0.05) is 17.7 Å². The minimum atomic E-state index is 0.191. The molecule has 1 aromatic carbocycles. The molecular weight excluding hydrogens is 206 g/mol. The minimum absolute atomic E-state index is 0.191. The molecule has 2 fully saturated rings. The van der Waals surface area contributed by atoms with Crippen molar-refractivity contribution in [1.82, 2.24) is 0 Å². The molecule has 2 aliphatic rings.